The van der Waals surface area contributed by atoms with E-state index in [1.54, 1.807) is 18.5 Å². The summed E-state index contributed by atoms with van der Waals surface area (Å²) in [6.07, 6.45) is 5.18. The molecule has 1 aromatic heterocycles. The van der Waals surface area contributed by atoms with E-state index in [1.165, 1.54) is 7.11 Å². The number of rotatable bonds is 5. The zero-order valence-electron chi connectivity index (χ0n) is 10.8. The van der Waals surface area contributed by atoms with Gasteiger partial charge in [-0.25, -0.2) is 4.79 Å². The molecule has 1 heterocycles. The van der Waals surface area contributed by atoms with Gasteiger partial charge >= 0.3 is 5.97 Å². The van der Waals surface area contributed by atoms with Crippen LogP contribution < -0.4 is 5.32 Å². The zero-order chi connectivity index (χ0) is 13.7. The number of carbonyl (C=O) groups is 1. The quantitative estimate of drug-likeness (QED) is 0.658. The van der Waals surface area contributed by atoms with E-state index in [0.29, 0.717) is 6.54 Å². The van der Waals surface area contributed by atoms with E-state index in [1.807, 2.05) is 24.3 Å². The number of carbonyl (C=O) groups excluding carboxylic acids is 1. The highest BCUT2D eigenvalue weighted by Gasteiger charge is 2.22. The van der Waals surface area contributed by atoms with Gasteiger partial charge in [-0.1, -0.05) is 30.3 Å². The monoisotopic (exact) mass is 256 g/mol. The lowest BCUT2D eigenvalue weighted by molar-refractivity contribution is -0.143. The van der Waals surface area contributed by atoms with Crippen molar-refractivity contribution < 1.29 is 9.53 Å². The van der Waals surface area contributed by atoms with E-state index in [2.05, 4.69) is 16.9 Å². The van der Waals surface area contributed by atoms with Crippen LogP contribution in [0.4, 0.5) is 0 Å². The Morgan fingerprint density at radius 3 is 3.00 bits per heavy atom. The molecule has 0 saturated heterocycles. The van der Waals surface area contributed by atoms with Crippen LogP contribution in [0.1, 0.15) is 11.6 Å². The van der Waals surface area contributed by atoms with Gasteiger partial charge in [0, 0.05) is 29.9 Å². The zero-order valence-corrected chi connectivity index (χ0v) is 10.8. The van der Waals surface area contributed by atoms with Crippen molar-refractivity contribution in [3.05, 3.63) is 54.9 Å². The first kappa shape index (κ1) is 13.2. The molecular weight excluding hydrogens is 240 g/mol. The normalized spacial score (nSPS) is 12.1. The molecule has 0 spiro atoms. The molecule has 1 N–H and O–H groups in total. The topological polar surface area (TPSA) is 51.2 Å². The molecule has 4 nitrogen and oxygen atoms in total. The van der Waals surface area contributed by atoms with Crippen LogP contribution in [0.15, 0.2) is 49.3 Å². The van der Waals surface area contributed by atoms with Crippen LogP contribution >= 0.6 is 0 Å². The Labute approximate surface area is 112 Å². The number of nitrogens with one attached hydrogen (secondary N) is 1. The molecule has 98 valence electrons. The van der Waals surface area contributed by atoms with Crippen molar-refractivity contribution in [2.45, 2.75) is 6.04 Å². The van der Waals surface area contributed by atoms with Crippen molar-refractivity contribution in [1.29, 1.82) is 0 Å². The summed E-state index contributed by atoms with van der Waals surface area (Å²) in [5.41, 5.74) is 0.812. The molecule has 0 fully saturated rings. The number of nitrogens with zero attached hydrogens (tertiary/aromatic N) is 1. The van der Waals surface area contributed by atoms with Crippen LogP contribution in [0.5, 0.6) is 0 Å². The lowest BCUT2D eigenvalue weighted by Crippen LogP contribution is -2.30. The fourth-order valence-corrected chi connectivity index (χ4v) is 2.01. The van der Waals surface area contributed by atoms with Crippen molar-refractivity contribution in [3.63, 3.8) is 0 Å². The summed E-state index contributed by atoms with van der Waals surface area (Å²) in [6.45, 7) is 4.16. The van der Waals surface area contributed by atoms with Gasteiger partial charge in [0.25, 0.3) is 0 Å². The van der Waals surface area contributed by atoms with Crippen LogP contribution in [0.3, 0.4) is 0 Å². The minimum atomic E-state index is -0.540. The highest BCUT2D eigenvalue weighted by Crippen LogP contribution is 2.23. The lowest BCUT2D eigenvalue weighted by atomic mass is 10.0. The Hall–Kier alpha value is -2.20. The van der Waals surface area contributed by atoms with Crippen LogP contribution in [0, 0.1) is 0 Å². The molecule has 1 unspecified atom stereocenters. The highest BCUT2D eigenvalue weighted by atomic mass is 16.5. The SMILES string of the molecule is C=CCNC(C(=O)OC)c1cncc2ccccc12. The van der Waals surface area contributed by atoms with E-state index in [4.69, 9.17) is 4.74 Å². The first-order valence-electron chi connectivity index (χ1n) is 6.02. The van der Waals surface area contributed by atoms with E-state index in [0.717, 1.165) is 16.3 Å². The van der Waals surface area contributed by atoms with E-state index in [9.17, 15) is 4.79 Å². The van der Waals surface area contributed by atoms with Crippen molar-refractivity contribution in [2.75, 3.05) is 13.7 Å². The number of aromatic nitrogens is 1. The summed E-state index contributed by atoms with van der Waals surface area (Å²) in [7, 11) is 1.38. The van der Waals surface area contributed by atoms with Crippen molar-refractivity contribution >= 4 is 16.7 Å². The maximum absolute atomic E-state index is 11.9. The summed E-state index contributed by atoms with van der Waals surface area (Å²) in [5, 5.41) is 5.08. The molecule has 4 heteroatoms. The van der Waals surface area contributed by atoms with Gasteiger partial charge in [-0.2, -0.15) is 0 Å². The third-order valence-corrected chi connectivity index (χ3v) is 2.91. The molecule has 0 bridgehead atoms. The Kier molecular flexibility index (Phi) is 4.26. The average molecular weight is 256 g/mol. The molecule has 0 saturated carbocycles. The fourth-order valence-electron chi connectivity index (χ4n) is 2.01. The molecule has 2 rings (SSSR count). The highest BCUT2D eigenvalue weighted by molar-refractivity contribution is 5.90. The standard InChI is InChI=1S/C15H16N2O2/c1-3-8-17-14(15(18)19-2)13-10-16-9-11-6-4-5-7-12(11)13/h3-7,9-10,14,17H,1,8H2,2H3. The first-order valence-corrected chi connectivity index (χ1v) is 6.02. The number of methoxy groups -OCH3 is 1. The predicted molar refractivity (Wildman–Crippen MR) is 74.7 cm³/mol. The Morgan fingerprint density at radius 1 is 1.47 bits per heavy atom. The maximum atomic E-state index is 11.9. The van der Waals surface area contributed by atoms with Gasteiger partial charge in [-0.3, -0.25) is 10.3 Å². The molecular formula is C15H16N2O2. The molecule has 0 aliphatic carbocycles. The van der Waals surface area contributed by atoms with E-state index in [-0.39, 0.29) is 5.97 Å². The molecule has 0 aliphatic heterocycles. The van der Waals surface area contributed by atoms with Gasteiger partial charge in [0.15, 0.2) is 0 Å². The number of ether oxygens (including phenoxy) is 1. The van der Waals surface area contributed by atoms with E-state index < -0.39 is 6.04 Å². The summed E-state index contributed by atoms with van der Waals surface area (Å²) >= 11 is 0. The summed E-state index contributed by atoms with van der Waals surface area (Å²) in [6, 6.07) is 7.28. The molecule has 2 aromatic rings. The van der Waals surface area contributed by atoms with Crippen molar-refractivity contribution in [3.8, 4) is 0 Å². The Morgan fingerprint density at radius 2 is 2.26 bits per heavy atom. The molecule has 0 aliphatic rings. The van der Waals surface area contributed by atoms with Crippen LogP contribution in [0.2, 0.25) is 0 Å². The number of fused-ring (bicyclic) bond motifs is 1. The molecule has 1 atom stereocenters. The van der Waals surface area contributed by atoms with Crippen LogP contribution in [-0.4, -0.2) is 24.6 Å². The fraction of sp³-hybridized carbons (Fsp3) is 0.200. The number of pyridine rings is 1. The van der Waals surface area contributed by atoms with Gasteiger partial charge in [-0.05, 0) is 5.39 Å². The molecule has 0 radical (unpaired) electrons. The smallest absolute Gasteiger partial charge is 0.327 e. The number of esters is 1. The second-order valence-electron chi connectivity index (χ2n) is 4.10. The lowest BCUT2D eigenvalue weighted by Gasteiger charge is -2.17. The summed E-state index contributed by atoms with van der Waals surface area (Å²) in [4.78, 5) is 16.1. The molecule has 19 heavy (non-hydrogen) atoms. The van der Waals surface area contributed by atoms with Gasteiger partial charge in [-0.15, -0.1) is 6.58 Å². The number of hydrogen-bond acceptors (Lipinski definition) is 4. The number of hydrogen-bond donors (Lipinski definition) is 1. The van der Waals surface area contributed by atoms with Gasteiger partial charge in [0.2, 0.25) is 0 Å². The minimum Gasteiger partial charge on any atom is -0.468 e. The molecule has 0 amide bonds. The summed E-state index contributed by atoms with van der Waals surface area (Å²) < 4.78 is 4.85. The Balaban J connectivity index is 2.48. The first-order chi connectivity index (χ1) is 9.27. The van der Waals surface area contributed by atoms with Crippen molar-refractivity contribution in [1.82, 2.24) is 10.3 Å². The summed E-state index contributed by atoms with van der Waals surface area (Å²) in [5.74, 6) is -0.333. The predicted octanol–water partition coefficient (Wildman–Crippen LogP) is 2.22. The largest absolute Gasteiger partial charge is 0.468 e. The number of benzene rings is 1. The van der Waals surface area contributed by atoms with Gasteiger partial charge in [0.05, 0.1) is 7.11 Å². The third-order valence-electron chi connectivity index (χ3n) is 2.91. The second-order valence-corrected chi connectivity index (χ2v) is 4.10. The van der Waals surface area contributed by atoms with Crippen molar-refractivity contribution in [2.24, 2.45) is 0 Å². The maximum Gasteiger partial charge on any atom is 0.327 e. The molecule has 1 aromatic carbocycles. The van der Waals surface area contributed by atoms with Crippen LogP contribution in [-0.2, 0) is 9.53 Å². The minimum absolute atomic E-state index is 0.333. The van der Waals surface area contributed by atoms with E-state index >= 15 is 0 Å². The third kappa shape index (κ3) is 2.80. The van der Waals surface area contributed by atoms with Gasteiger partial charge < -0.3 is 4.74 Å². The Bertz CT molecular complexity index is 590. The van der Waals surface area contributed by atoms with Crippen LogP contribution in [0.25, 0.3) is 10.8 Å². The van der Waals surface area contributed by atoms with Gasteiger partial charge in [0.1, 0.15) is 6.04 Å². The second kappa shape index (κ2) is 6.11. The average Bonchev–Trinajstić information content (AvgIpc) is 2.47.